The van der Waals surface area contributed by atoms with Gasteiger partial charge in [-0.1, -0.05) is 18.2 Å². The van der Waals surface area contributed by atoms with Crippen molar-refractivity contribution in [2.75, 3.05) is 4.90 Å². The van der Waals surface area contributed by atoms with E-state index in [0.29, 0.717) is 6.42 Å². The van der Waals surface area contributed by atoms with Gasteiger partial charge in [0.05, 0.1) is 0 Å². The summed E-state index contributed by atoms with van der Waals surface area (Å²) >= 11 is 0. The van der Waals surface area contributed by atoms with E-state index in [-0.39, 0.29) is 23.9 Å². The van der Waals surface area contributed by atoms with Crippen LogP contribution in [-0.4, -0.2) is 23.9 Å². The third-order valence-corrected chi connectivity index (χ3v) is 3.92. The zero-order valence-electron chi connectivity index (χ0n) is 13.4. The van der Waals surface area contributed by atoms with Crippen molar-refractivity contribution in [3.8, 4) is 0 Å². The molecule has 1 heterocycles. The van der Waals surface area contributed by atoms with E-state index >= 15 is 0 Å². The quantitative estimate of drug-likeness (QED) is 0.869. The number of amides is 2. The number of hydrogen-bond donors (Lipinski definition) is 1. The second-order valence-electron chi connectivity index (χ2n) is 6.53. The number of benzene rings is 1. The Hall–Kier alpha value is -1.84. The normalized spacial score (nSPS) is 21.7. The third-order valence-electron chi connectivity index (χ3n) is 3.92. The Kier molecular flexibility index (Phi) is 4.08. The van der Waals surface area contributed by atoms with Gasteiger partial charge in [-0.2, -0.15) is 0 Å². The molecular weight excluding hydrogens is 264 g/mol. The minimum Gasteiger partial charge on any atom is -0.353 e. The predicted molar refractivity (Wildman–Crippen MR) is 84.2 cm³/mol. The fraction of sp³-hybridized carbons (Fsp3) is 0.529. The van der Waals surface area contributed by atoms with Crippen LogP contribution in [-0.2, 0) is 16.0 Å². The molecule has 1 aliphatic heterocycles. The number of anilines is 1. The summed E-state index contributed by atoms with van der Waals surface area (Å²) in [5.74, 6) is -0.308. The smallest absolute Gasteiger partial charge is 0.242 e. The van der Waals surface area contributed by atoms with Crippen molar-refractivity contribution in [2.24, 2.45) is 5.41 Å². The summed E-state index contributed by atoms with van der Waals surface area (Å²) in [6.45, 7) is 9.51. The largest absolute Gasteiger partial charge is 0.353 e. The number of nitrogens with one attached hydrogen (secondary N) is 1. The van der Waals surface area contributed by atoms with Crippen LogP contribution in [0.15, 0.2) is 24.3 Å². The highest BCUT2D eigenvalue weighted by Gasteiger charge is 2.48. The predicted octanol–water partition coefficient (Wildman–Crippen LogP) is 2.52. The molecule has 0 aliphatic carbocycles. The van der Waals surface area contributed by atoms with Gasteiger partial charge in [0.2, 0.25) is 11.8 Å². The Morgan fingerprint density at radius 2 is 1.86 bits per heavy atom. The summed E-state index contributed by atoms with van der Waals surface area (Å²) in [6.07, 6.45) is 0.448. The minimum absolute atomic E-state index is 0.0186. The molecule has 0 saturated heterocycles. The number of carbonyl (C=O) groups is 2. The van der Waals surface area contributed by atoms with Crippen LogP contribution in [0, 0.1) is 5.41 Å². The van der Waals surface area contributed by atoms with Gasteiger partial charge in [0, 0.05) is 17.8 Å². The van der Waals surface area contributed by atoms with Gasteiger partial charge in [0.1, 0.15) is 5.41 Å². The van der Waals surface area contributed by atoms with E-state index in [1.165, 1.54) is 0 Å². The molecule has 1 N–H and O–H groups in total. The number of nitrogens with zero attached hydrogens (tertiary/aromatic N) is 1. The first kappa shape index (κ1) is 15.5. The summed E-state index contributed by atoms with van der Waals surface area (Å²) in [7, 11) is 0. The number of para-hydroxylation sites is 1. The van der Waals surface area contributed by atoms with Crippen molar-refractivity contribution in [2.45, 2.75) is 53.1 Å². The monoisotopic (exact) mass is 288 g/mol. The Balaban J connectivity index is 2.48. The second kappa shape index (κ2) is 5.51. The Bertz CT molecular complexity index is 566. The molecule has 1 aliphatic rings. The topological polar surface area (TPSA) is 49.4 Å². The zero-order chi connectivity index (χ0) is 15.8. The van der Waals surface area contributed by atoms with Crippen LogP contribution < -0.4 is 10.2 Å². The van der Waals surface area contributed by atoms with Crippen molar-refractivity contribution in [3.05, 3.63) is 29.8 Å². The van der Waals surface area contributed by atoms with Gasteiger partial charge in [-0.05, 0) is 52.7 Å². The maximum atomic E-state index is 12.9. The molecule has 0 saturated carbocycles. The molecule has 0 aromatic heterocycles. The van der Waals surface area contributed by atoms with Gasteiger partial charge in [-0.15, -0.1) is 0 Å². The molecular formula is C17H24N2O2. The fourth-order valence-corrected chi connectivity index (χ4v) is 2.84. The van der Waals surface area contributed by atoms with E-state index in [0.717, 1.165) is 11.3 Å². The molecule has 114 valence electrons. The van der Waals surface area contributed by atoms with Crippen LogP contribution in [0.25, 0.3) is 0 Å². The van der Waals surface area contributed by atoms with E-state index in [1.807, 2.05) is 52.0 Å². The maximum Gasteiger partial charge on any atom is 0.242 e. The van der Waals surface area contributed by atoms with Crippen molar-refractivity contribution >= 4 is 17.5 Å². The van der Waals surface area contributed by atoms with Crippen LogP contribution in [0.1, 0.15) is 40.2 Å². The van der Waals surface area contributed by atoms with E-state index < -0.39 is 5.41 Å². The standard InChI is InChI=1S/C17H24N2O2/c1-11(2)18-15(20)17(5)10-13-8-6-7-9-14(13)19(12(3)4)16(17)21/h6-9,11-12H,10H2,1-5H3,(H,18,20)/t17-/m1/s1. The average molecular weight is 288 g/mol. The lowest BCUT2D eigenvalue weighted by Gasteiger charge is -2.41. The van der Waals surface area contributed by atoms with Crippen LogP contribution in [0.4, 0.5) is 5.69 Å². The lowest BCUT2D eigenvalue weighted by molar-refractivity contribution is -0.142. The van der Waals surface area contributed by atoms with E-state index in [4.69, 9.17) is 0 Å². The van der Waals surface area contributed by atoms with E-state index in [9.17, 15) is 9.59 Å². The minimum atomic E-state index is -1.04. The lowest BCUT2D eigenvalue weighted by atomic mass is 9.77. The molecule has 1 aromatic rings. The summed E-state index contributed by atoms with van der Waals surface area (Å²) < 4.78 is 0. The van der Waals surface area contributed by atoms with Gasteiger partial charge in [0.15, 0.2) is 0 Å². The highest BCUT2D eigenvalue weighted by atomic mass is 16.2. The third kappa shape index (κ3) is 2.67. The van der Waals surface area contributed by atoms with Gasteiger partial charge in [0.25, 0.3) is 0 Å². The molecule has 0 bridgehead atoms. The van der Waals surface area contributed by atoms with Crippen LogP contribution in [0.2, 0.25) is 0 Å². The van der Waals surface area contributed by atoms with E-state index in [1.54, 1.807) is 11.8 Å². The van der Waals surface area contributed by atoms with Gasteiger partial charge < -0.3 is 10.2 Å². The van der Waals surface area contributed by atoms with Crippen molar-refractivity contribution in [1.29, 1.82) is 0 Å². The van der Waals surface area contributed by atoms with Crippen LogP contribution in [0.5, 0.6) is 0 Å². The Morgan fingerprint density at radius 1 is 1.24 bits per heavy atom. The molecule has 0 fully saturated rings. The van der Waals surface area contributed by atoms with Crippen LogP contribution in [0.3, 0.4) is 0 Å². The molecule has 4 nitrogen and oxygen atoms in total. The SMILES string of the molecule is CC(C)NC(=O)[C@@]1(C)Cc2ccccc2N(C(C)C)C1=O. The van der Waals surface area contributed by atoms with Gasteiger partial charge >= 0.3 is 0 Å². The molecule has 1 atom stereocenters. The summed E-state index contributed by atoms with van der Waals surface area (Å²) in [4.78, 5) is 27.2. The second-order valence-corrected chi connectivity index (χ2v) is 6.53. The highest BCUT2D eigenvalue weighted by Crippen LogP contribution is 2.38. The molecule has 1 aromatic carbocycles. The molecule has 2 amide bonds. The average Bonchev–Trinajstić information content (AvgIpc) is 2.38. The van der Waals surface area contributed by atoms with Crippen LogP contribution >= 0.6 is 0 Å². The number of carbonyl (C=O) groups excluding carboxylic acids is 2. The van der Waals surface area contributed by atoms with E-state index in [2.05, 4.69) is 5.32 Å². The summed E-state index contributed by atoms with van der Waals surface area (Å²) in [5, 5.41) is 2.89. The molecule has 0 unspecified atom stereocenters. The summed E-state index contributed by atoms with van der Waals surface area (Å²) in [6, 6.07) is 7.87. The Labute approximate surface area is 126 Å². The first-order chi connectivity index (χ1) is 9.77. The highest BCUT2D eigenvalue weighted by molar-refractivity contribution is 6.13. The molecule has 0 radical (unpaired) electrons. The molecule has 21 heavy (non-hydrogen) atoms. The van der Waals surface area contributed by atoms with Crippen molar-refractivity contribution in [3.63, 3.8) is 0 Å². The summed E-state index contributed by atoms with van der Waals surface area (Å²) in [5.41, 5.74) is 0.933. The Morgan fingerprint density at radius 3 is 2.43 bits per heavy atom. The van der Waals surface area contributed by atoms with Gasteiger partial charge in [-0.25, -0.2) is 0 Å². The fourth-order valence-electron chi connectivity index (χ4n) is 2.84. The van der Waals surface area contributed by atoms with Crippen molar-refractivity contribution in [1.82, 2.24) is 5.32 Å². The number of hydrogen-bond acceptors (Lipinski definition) is 2. The lowest BCUT2D eigenvalue weighted by Crippen LogP contribution is -2.57. The van der Waals surface area contributed by atoms with Gasteiger partial charge in [-0.3, -0.25) is 9.59 Å². The molecule has 2 rings (SSSR count). The zero-order valence-corrected chi connectivity index (χ0v) is 13.4. The number of fused-ring (bicyclic) bond motifs is 1. The van der Waals surface area contributed by atoms with Crippen molar-refractivity contribution < 1.29 is 9.59 Å². The maximum absolute atomic E-state index is 12.9. The first-order valence-corrected chi connectivity index (χ1v) is 7.50. The molecule has 0 spiro atoms. The number of rotatable bonds is 3. The first-order valence-electron chi connectivity index (χ1n) is 7.50. The molecule has 4 heteroatoms.